The third kappa shape index (κ3) is 47.2. The van der Waals surface area contributed by atoms with Crippen molar-refractivity contribution < 1.29 is 63.5 Å². The maximum atomic E-state index is 8.63. The van der Waals surface area contributed by atoms with Crippen LogP contribution in [0.3, 0.4) is 0 Å². The summed E-state index contributed by atoms with van der Waals surface area (Å²) in [5.41, 5.74) is 0. The van der Waals surface area contributed by atoms with Crippen molar-refractivity contribution in [3.8, 4) is 5.75 Å². The first-order valence-corrected chi connectivity index (χ1v) is 5.95. The minimum Gasteiger partial charge on any atom is -0.508 e. The van der Waals surface area contributed by atoms with E-state index in [-0.39, 0.29) is 29.6 Å². The van der Waals surface area contributed by atoms with Crippen LogP contribution < -0.4 is 48.2 Å². The SMILES string of the molecule is ClC(Cl)Cl.Oc1ccccc1.[Na+].[O-][Cl+3]([O-])([O-])[O-]. The smallest absolute Gasteiger partial charge is 0.508 e. The van der Waals surface area contributed by atoms with Gasteiger partial charge in [-0.1, -0.05) is 53.0 Å². The van der Waals surface area contributed by atoms with Gasteiger partial charge in [0.25, 0.3) is 0 Å². The molecule has 5 nitrogen and oxygen atoms in total. The Morgan fingerprint density at radius 2 is 1.18 bits per heavy atom. The summed E-state index contributed by atoms with van der Waals surface area (Å²) < 4.78 is 33.2. The number of alkyl halides is 3. The van der Waals surface area contributed by atoms with Crippen molar-refractivity contribution in [2.75, 3.05) is 0 Å². The molecule has 10 heteroatoms. The van der Waals surface area contributed by atoms with Crippen LogP contribution in [0.4, 0.5) is 0 Å². The normalized spacial score (nSPS) is 9.18. The first kappa shape index (κ1) is 23.1. The standard InChI is InChI=1S/C6H6O.CHCl3.ClHO4.Na/c7-6-4-2-1-3-5-6;2-1(3)4;2-1(3,4)5;/h1-5,7H;1H;(H,2,3,4,5);/q;;;+1/p-1. The van der Waals surface area contributed by atoms with Crippen LogP contribution >= 0.6 is 34.8 Å². The third-order valence-electron chi connectivity index (χ3n) is 0.756. The molecule has 1 aromatic rings. The number of phenolic OH excluding ortho intramolecular Hbond substituents is 1. The van der Waals surface area contributed by atoms with Crippen molar-refractivity contribution in [1.29, 1.82) is 0 Å². The molecule has 94 valence electrons. The molecule has 0 fully saturated rings. The van der Waals surface area contributed by atoms with Crippen molar-refractivity contribution in [1.82, 2.24) is 0 Å². The number of rotatable bonds is 0. The first-order chi connectivity index (χ1) is 7.13. The molecular formula is C7H7Cl4NaO5. The summed E-state index contributed by atoms with van der Waals surface area (Å²) in [5.74, 6) is 0.322. The fraction of sp³-hybridized carbons (Fsp3) is 0.143. The number of para-hydroxylation sites is 1. The van der Waals surface area contributed by atoms with Crippen LogP contribution in [0.2, 0.25) is 0 Å². The van der Waals surface area contributed by atoms with Crippen LogP contribution in [0.25, 0.3) is 0 Å². The minimum absolute atomic E-state index is 0. The van der Waals surface area contributed by atoms with Crippen LogP contribution in [0.15, 0.2) is 30.3 Å². The van der Waals surface area contributed by atoms with Crippen molar-refractivity contribution in [2.45, 2.75) is 4.30 Å². The summed E-state index contributed by atoms with van der Waals surface area (Å²) in [4.78, 5) is 0. The van der Waals surface area contributed by atoms with Gasteiger partial charge in [-0.25, -0.2) is 18.6 Å². The number of aromatic hydroxyl groups is 1. The molecule has 0 saturated heterocycles. The maximum absolute atomic E-state index is 8.63. The Balaban J connectivity index is -0.000000177. The van der Waals surface area contributed by atoms with Crippen molar-refractivity contribution in [3.05, 3.63) is 30.3 Å². The zero-order valence-electron chi connectivity index (χ0n) is 8.56. The topological polar surface area (TPSA) is 112 Å². The van der Waals surface area contributed by atoms with Crippen LogP contribution in [-0.2, 0) is 0 Å². The molecule has 0 unspecified atom stereocenters. The Hall–Kier alpha value is 1.02. The molecule has 1 rings (SSSR count). The Kier molecular flexibility index (Phi) is 18.3. The molecule has 0 radical (unpaired) electrons. The molecule has 0 saturated carbocycles. The van der Waals surface area contributed by atoms with Gasteiger partial charge in [-0.2, -0.15) is 0 Å². The summed E-state index contributed by atoms with van der Waals surface area (Å²) in [5, 5.41) is 8.63. The van der Waals surface area contributed by atoms with Gasteiger partial charge in [-0.3, -0.25) is 0 Å². The van der Waals surface area contributed by atoms with E-state index in [2.05, 4.69) is 0 Å². The summed E-state index contributed by atoms with van der Waals surface area (Å²) in [7, 11) is -4.94. The molecular weight excluding hydrogens is 329 g/mol. The van der Waals surface area contributed by atoms with Gasteiger partial charge >= 0.3 is 29.6 Å². The van der Waals surface area contributed by atoms with E-state index in [1.807, 2.05) is 6.07 Å². The minimum atomic E-state index is -4.94. The number of hydrogen-bond acceptors (Lipinski definition) is 5. The van der Waals surface area contributed by atoms with E-state index in [9.17, 15) is 0 Å². The number of hydrogen-bond donors (Lipinski definition) is 1. The number of benzene rings is 1. The van der Waals surface area contributed by atoms with E-state index in [1.165, 1.54) is 0 Å². The van der Waals surface area contributed by atoms with Gasteiger partial charge in [0.2, 0.25) is 0 Å². The predicted molar refractivity (Wildman–Crippen MR) is 49.5 cm³/mol. The molecule has 1 aromatic carbocycles. The molecule has 1 N–H and O–H groups in total. The van der Waals surface area contributed by atoms with Gasteiger partial charge in [-0.05, 0) is 12.1 Å². The second-order valence-corrected chi connectivity index (χ2v) is 4.70. The molecule has 0 aliphatic rings. The van der Waals surface area contributed by atoms with Crippen molar-refractivity contribution in [2.24, 2.45) is 0 Å². The largest absolute Gasteiger partial charge is 1.00 e. The van der Waals surface area contributed by atoms with Crippen LogP contribution in [-0.4, -0.2) is 9.40 Å². The van der Waals surface area contributed by atoms with Gasteiger partial charge < -0.3 is 5.11 Å². The average Bonchev–Trinajstić information content (AvgIpc) is 2.00. The van der Waals surface area contributed by atoms with Gasteiger partial charge in [-0.15, -0.1) is 10.2 Å². The molecule has 0 aliphatic carbocycles. The van der Waals surface area contributed by atoms with E-state index in [0.717, 1.165) is 0 Å². The van der Waals surface area contributed by atoms with Crippen LogP contribution in [0.5, 0.6) is 5.75 Å². The molecule has 17 heavy (non-hydrogen) atoms. The zero-order valence-corrected chi connectivity index (χ0v) is 13.6. The van der Waals surface area contributed by atoms with Crippen molar-refractivity contribution in [3.63, 3.8) is 0 Å². The monoisotopic (exact) mass is 334 g/mol. The third-order valence-corrected chi connectivity index (χ3v) is 0.756. The van der Waals surface area contributed by atoms with E-state index < -0.39 is 14.5 Å². The average molecular weight is 336 g/mol. The summed E-state index contributed by atoms with van der Waals surface area (Å²) in [6, 6.07) is 8.71. The summed E-state index contributed by atoms with van der Waals surface area (Å²) in [6.07, 6.45) is 0. The van der Waals surface area contributed by atoms with Gasteiger partial charge in [0, 0.05) is 0 Å². The fourth-order valence-corrected chi connectivity index (χ4v) is 0.428. The number of halogens is 4. The second kappa shape index (κ2) is 13.5. The molecule has 0 aromatic heterocycles. The molecule has 0 atom stereocenters. The molecule has 0 spiro atoms. The van der Waals surface area contributed by atoms with Crippen molar-refractivity contribution >= 4 is 34.8 Å². The Labute approximate surface area is 138 Å². The van der Waals surface area contributed by atoms with E-state index in [4.69, 9.17) is 58.5 Å². The molecule has 0 heterocycles. The zero-order chi connectivity index (χ0) is 13.2. The van der Waals surface area contributed by atoms with Crippen LogP contribution in [0.1, 0.15) is 0 Å². The molecule has 0 amide bonds. The van der Waals surface area contributed by atoms with Crippen LogP contribution in [0, 0.1) is 10.2 Å². The Morgan fingerprint density at radius 1 is 0.941 bits per heavy atom. The predicted octanol–water partition coefficient (Wildman–Crippen LogP) is -4.37. The fourth-order valence-electron chi connectivity index (χ4n) is 0.428. The first-order valence-electron chi connectivity index (χ1n) is 3.41. The Bertz CT molecular complexity index is 247. The maximum Gasteiger partial charge on any atom is 1.00 e. The second-order valence-electron chi connectivity index (χ2n) is 1.96. The Morgan fingerprint density at radius 3 is 1.29 bits per heavy atom. The van der Waals surface area contributed by atoms with E-state index >= 15 is 0 Å². The van der Waals surface area contributed by atoms with E-state index in [1.54, 1.807) is 24.3 Å². The van der Waals surface area contributed by atoms with Gasteiger partial charge in [0.15, 0.2) is 4.30 Å². The molecule has 0 aliphatic heterocycles. The quantitative estimate of drug-likeness (QED) is 0.380. The number of phenols is 1. The van der Waals surface area contributed by atoms with Gasteiger partial charge in [0.05, 0.1) is 0 Å². The van der Waals surface area contributed by atoms with Gasteiger partial charge in [0.1, 0.15) is 5.75 Å². The molecule has 0 bridgehead atoms. The van der Waals surface area contributed by atoms with E-state index in [0.29, 0.717) is 5.75 Å². The summed E-state index contributed by atoms with van der Waals surface area (Å²) in [6.45, 7) is 0. The summed E-state index contributed by atoms with van der Waals surface area (Å²) >= 11 is 14.4.